The smallest absolute Gasteiger partial charge is 0.157 e. The number of aromatic hydroxyl groups is 2. The fourth-order valence-electron chi connectivity index (χ4n) is 7.02. The predicted octanol–water partition coefficient (Wildman–Crippen LogP) is 6.41. The molecule has 3 aliphatic rings. The molecule has 5 nitrogen and oxygen atoms in total. The van der Waals surface area contributed by atoms with E-state index in [0.29, 0.717) is 35.9 Å². The van der Waals surface area contributed by atoms with Crippen molar-refractivity contribution in [2.75, 3.05) is 0 Å². The Kier molecular flexibility index (Phi) is 5.91. The zero-order valence-electron chi connectivity index (χ0n) is 20.8. The van der Waals surface area contributed by atoms with Gasteiger partial charge in [-0.2, -0.15) is 0 Å². The van der Waals surface area contributed by atoms with Gasteiger partial charge in [0.25, 0.3) is 0 Å². The molecule has 33 heavy (non-hydrogen) atoms. The van der Waals surface area contributed by atoms with Crippen LogP contribution in [0.1, 0.15) is 106 Å². The number of carbonyl (C=O) groups is 2. The SMILES string of the molecule is CC(C)CC1c2c(O)c(C=O)c(O)c(C=O)c2OC2C1(C)CCC21C=C(C(C)C)CCC1C. The minimum absolute atomic E-state index is 0.0284. The highest BCUT2D eigenvalue weighted by Crippen LogP contribution is 2.68. The van der Waals surface area contributed by atoms with E-state index < -0.39 is 5.75 Å². The standard InChI is InChI=1S/C28H38O5/c1-15(2)11-21-22-24(32)19(13-29)23(31)20(14-30)25(22)33-26-27(21,6)9-10-28(26)12-18(16(3)4)8-7-17(28)5/h12-17,21,26,31-32H,7-11H2,1-6H3. The molecular formula is C28H38O5. The number of phenolic OH excluding ortho intramolecular Hbond substituents is 2. The molecule has 4 rings (SSSR count). The molecule has 1 aliphatic heterocycles. The summed E-state index contributed by atoms with van der Waals surface area (Å²) in [6, 6.07) is 0. The molecule has 2 aliphatic carbocycles. The van der Waals surface area contributed by atoms with Crippen LogP contribution in [0, 0.1) is 28.6 Å². The first kappa shape index (κ1) is 23.8. The highest BCUT2D eigenvalue weighted by Gasteiger charge is 2.64. The Morgan fingerprint density at radius 3 is 2.33 bits per heavy atom. The predicted molar refractivity (Wildman–Crippen MR) is 128 cm³/mol. The lowest BCUT2D eigenvalue weighted by Gasteiger charge is -2.52. The van der Waals surface area contributed by atoms with Crippen molar-refractivity contribution in [3.05, 3.63) is 28.3 Å². The van der Waals surface area contributed by atoms with Gasteiger partial charge in [0.15, 0.2) is 12.6 Å². The van der Waals surface area contributed by atoms with E-state index >= 15 is 0 Å². The summed E-state index contributed by atoms with van der Waals surface area (Å²) in [7, 11) is 0. The van der Waals surface area contributed by atoms with Gasteiger partial charge in [-0.05, 0) is 49.9 Å². The number of fused-ring (bicyclic) bond motifs is 3. The van der Waals surface area contributed by atoms with Gasteiger partial charge < -0.3 is 14.9 Å². The Hall–Kier alpha value is -2.30. The van der Waals surface area contributed by atoms with E-state index in [2.05, 4.69) is 47.6 Å². The molecule has 1 fully saturated rings. The van der Waals surface area contributed by atoms with E-state index in [1.165, 1.54) is 5.57 Å². The van der Waals surface area contributed by atoms with Crippen molar-refractivity contribution in [3.63, 3.8) is 0 Å². The molecule has 5 heteroatoms. The molecule has 180 valence electrons. The molecule has 1 aromatic carbocycles. The summed E-state index contributed by atoms with van der Waals surface area (Å²) in [4.78, 5) is 23.8. The number of aldehydes is 2. The summed E-state index contributed by atoms with van der Waals surface area (Å²) >= 11 is 0. The minimum Gasteiger partial charge on any atom is -0.507 e. The highest BCUT2D eigenvalue weighted by molar-refractivity contribution is 5.95. The molecule has 1 aromatic rings. The largest absolute Gasteiger partial charge is 0.507 e. The number of allylic oxidation sites excluding steroid dienone is 1. The molecule has 2 N–H and O–H groups in total. The van der Waals surface area contributed by atoms with Crippen molar-refractivity contribution in [2.24, 2.45) is 28.6 Å². The van der Waals surface area contributed by atoms with Crippen molar-refractivity contribution in [2.45, 2.75) is 85.7 Å². The first-order valence-corrected chi connectivity index (χ1v) is 12.4. The quantitative estimate of drug-likeness (QED) is 0.397. The molecule has 5 unspecified atom stereocenters. The highest BCUT2D eigenvalue weighted by atomic mass is 16.5. The molecule has 1 heterocycles. The van der Waals surface area contributed by atoms with E-state index in [4.69, 9.17) is 4.74 Å². The van der Waals surface area contributed by atoms with Crippen LogP contribution in [0.3, 0.4) is 0 Å². The summed E-state index contributed by atoms with van der Waals surface area (Å²) < 4.78 is 6.73. The molecule has 0 aromatic heterocycles. The summed E-state index contributed by atoms with van der Waals surface area (Å²) in [5.74, 6) is 0.662. The van der Waals surface area contributed by atoms with Crippen molar-refractivity contribution in [3.8, 4) is 17.2 Å². The summed E-state index contributed by atoms with van der Waals surface area (Å²) in [6.45, 7) is 13.3. The average molecular weight is 455 g/mol. The van der Waals surface area contributed by atoms with E-state index in [0.717, 1.165) is 32.1 Å². The summed E-state index contributed by atoms with van der Waals surface area (Å²) in [6.07, 6.45) is 8.19. The average Bonchev–Trinajstić information content (AvgIpc) is 3.04. The maximum atomic E-state index is 12.1. The maximum Gasteiger partial charge on any atom is 0.157 e. The number of hydrogen-bond acceptors (Lipinski definition) is 5. The first-order chi connectivity index (χ1) is 15.5. The summed E-state index contributed by atoms with van der Waals surface area (Å²) in [5.41, 5.74) is 1.29. The van der Waals surface area contributed by atoms with Gasteiger partial charge >= 0.3 is 0 Å². The number of hydrogen-bond donors (Lipinski definition) is 2. The van der Waals surface area contributed by atoms with Gasteiger partial charge in [-0.25, -0.2) is 0 Å². The molecule has 0 saturated heterocycles. The fraction of sp³-hybridized carbons (Fsp3) is 0.643. The van der Waals surface area contributed by atoms with E-state index in [9.17, 15) is 19.8 Å². The number of rotatable bonds is 5. The minimum atomic E-state index is -0.495. The van der Waals surface area contributed by atoms with Crippen molar-refractivity contribution in [1.82, 2.24) is 0 Å². The van der Waals surface area contributed by atoms with Crippen molar-refractivity contribution < 1.29 is 24.5 Å². The first-order valence-electron chi connectivity index (χ1n) is 12.4. The number of benzene rings is 1. The molecule has 0 bridgehead atoms. The lowest BCUT2D eigenvalue weighted by Crippen LogP contribution is -2.51. The normalized spacial score (nSPS) is 33.0. The van der Waals surface area contributed by atoms with Crippen LogP contribution in [0.4, 0.5) is 0 Å². The van der Waals surface area contributed by atoms with Gasteiger partial charge in [0, 0.05) is 22.3 Å². The second kappa shape index (κ2) is 8.18. The zero-order chi connectivity index (χ0) is 24.3. The van der Waals surface area contributed by atoms with Crippen LogP contribution in [0.15, 0.2) is 11.6 Å². The monoisotopic (exact) mass is 454 g/mol. The van der Waals surface area contributed by atoms with Crippen LogP contribution >= 0.6 is 0 Å². The van der Waals surface area contributed by atoms with Crippen LogP contribution in [0.25, 0.3) is 0 Å². The van der Waals surface area contributed by atoms with Crippen molar-refractivity contribution >= 4 is 12.6 Å². The number of ether oxygens (including phenoxy) is 1. The molecule has 5 atom stereocenters. The van der Waals surface area contributed by atoms with E-state index in [1.54, 1.807) is 0 Å². The molecule has 1 saturated carbocycles. The third-order valence-electron chi connectivity index (χ3n) is 9.00. The van der Waals surface area contributed by atoms with Crippen molar-refractivity contribution in [1.29, 1.82) is 0 Å². The molecule has 0 radical (unpaired) electrons. The van der Waals surface area contributed by atoms with E-state index in [-0.39, 0.29) is 45.5 Å². The lowest BCUT2D eigenvalue weighted by atomic mass is 9.59. The van der Waals surface area contributed by atoms with Gasteiger partial charge in [0.1, 0.15) is 23.4 Å². The van der Waals surface area contributed by atoms with E-state index in [1.807, 2.05) is 0 Å². The van der Waals surface area contributed by atoms with Crippen LogP contribution in [-0.4, -0.2) is 28.9 Å². The van der Waals surface area contributed by atoms with Gasteiger partial charge in [0.2, 0.25) is 0 Å². The Morgan fingerprint density at radius 1 is 1.09 bits per heavy atom. The van der Waals surface area contributed by atoms with Gasteiger partial charge in [0.05, 0.1) is 11.1 Å². The number of carbonyl (C=O) groups excluding carboxylic acids is 2. The maximum absolute atomic E-state index is 12.1. The zero-order valence-corrected chi connectivity index (χ0v) is 20.8. The second-order valence-corrected chi connectivity index (χ2v) is 11.6. The summed E-state index contributed by atoms with van der Waals surface area (Å²) in [5, 5.41) is 21.8. The van der Waals surface area contributed by atoms with Crippen LogP contribution in [0.2, 0.25) is 0 Å². The molecular weight excluding hydrogens is 416 g/mol. The molecule has 1 spiro atoms. The number of phenols is 2. The fourth-order valence-corrected chi connectivity index (χ4v) is 7.02. The topological polar surface area (TPSA) is 83.8 Å². The van der Waals surface area contributed by atoms with Crippen LogP contribution in [0.5, 0.6) is 17.2 Å². The lowest BCUT2D eigenvalue weighted by molar-refractivity contribution is -0.0359. The third kappa shape index (κ3) is 3.33. The molecule has 0 amide bonds. The van der Waals surface area contributed by atoms with Gasteiger partial charge in [-0.15, -0.1) is 0 Å². The Labute approximate surface area is 197 Å². The third-order valence-corrected chi connectivity index (χ3v) is 9.00. The van der Waals surface area contributed by atoms with Crippen LogP contribution < -0.4 is 4.74 Å². The van der Waals surface area contributed by atoms with Crippen LogP contribution in [-0.2, 0) is 0 Å². The Morgan fingerprint density at radius 2 is 1.76 bits per heavy atom. The Bertz CT molecular complexity index is 1010. The van der Waals surface area contributed by atoms with Gasteiger partial charge in [-0.1, -0.05) is 53.2 Å². The van der Waals surface area contributed by atoms with Gasteiger partial charge in [-0.3, -0.25) is 9.59 Å². The Balaban J connectivity index is 2.00. The second-order valence-electron chi connectivity index (χ2n) is 11.6.